The van der Waals surface area contributed by atoms with E-state index in [0.717, 1.165) is 11.4 Å². The highest BCUT2D eigenvalue weighted by molar-refractivity contribution is 7.80. The van der Waals surface area contributed by atoms with E-state index in [-0.39, 0.29) is 17.1 Å². The van der Waals surface area contributed by atoms with Crippen molar-refractivity contribution in [3.8, 4) is 11.5 Å². The van der Waals surface area contributed by atoms with Crippen LogP contribution in [0, 0.1) is 0 Å². The topological polar surface area (TPSA) is 59.6 Å². The van der Waals surface area contributed by atoms with E-state index >= 15 is 0 Å². The minimum atomic E-state index is -0.303. The van der Waals surface area contributed by atoms with E-state index in [2.05, 4.69) is 17.2 Å². The zero-order chi connectivity index (χ0) is 18.9. The van der Waals surface area contributed by atoms with Gasteiger partial charge in [-0.05, 0) is 68.5 Å². The molecule has 5 nitrogen and oxygen atoms in total. The largest absolute Gasteiger partial charge is 0.491 e. The maximum Gasteiger partial charge on any atom is 0.257 e. The number of anilines is 1. The molecular weight excluding hydrogens is 348 g/mol. The molecule has 0 unspecified atom stereocenters. The molecule has 1 amide bonds. The first-order valence-corrected chi connectivity index (χ1v) is 8.61. The Kier molecular flexibility index (Phi) is 7.17. The van der Waals surface area contributed by atoms with Gasteiger partial charge >= 0.3 is 0 Å². The molecule has 0 saturated carbocycles. The van der Waals surface area contributed by atoms with E-state index in [0.29, 0.717) is 17.9 Å². The van der Waals surface area contributed by atoms with Crippen molar-refractivity contribution in [2.24, 2.45) is 0 Å². The Hall–Kier alpha value is -2.86. The molecule has 2 rings (SSSR count). The summed E-state index contributed by atoms with van der Waals surface area (Å²) in [5, 5.41) is 5.83. The Morgan fingerprint density at radius 1 is 1.19 bits per heavy atom. The van der Waals surface area contributed by atoms with Crippen LogP contribution in [0.3, 0.4) is 0 Å². The SMILES string of the molecule is C=CCOc1ccc(NC(=S)NC(=O)c2cccc(OC(C)C)c2)cc1. The minimum absolute atomic E-state index is 0.0366. The summed E-state index contributed by atoms with van der Waals surface area (Å²) in [6, 6.07) is 14.2. The molecule has 0 aliphatic heterocycles. The van der Waals surface area contributed by atoms with Gasteiger partial charge in [0.05, 0.1) is 6.10 Å². The molecule has 2 aromatic rings. The maximum atomic E-state index is 12.3. The molecule has 0 saturated heterocycles. The maximum absolute atomic E-state index is 12.3. The normalized spacial score (nSPS) is 10.1. The number of benzene rings is 2. The van der Waals surface area contributed by atoms with E-state index < -0.39 is 0 Å². The van der Waals surface area contributed by atoms with E-state index in [1.807, 2.05) is 44.2 Å². The molecule has 26 heavy (non-hydrogen) atoms. The third-order valence-electron chi connectivity index (χ3n) is 3.18. The van der Waals surface area contributed by atoms with Gasteiger partial charge in [0.1, 0.15) is 18.1 Å². The highest BCUT2D eigenvalue weighted by atomic mass is 32.1. The van der Waals surface area contributed by atoms with Crippen LogP contribution in [0.15, 0.2) is 61.2 Å². The van der Waals surface area contributed by atoms with Gasteiger partial charge in [-0.3, -0.25) is 10.1 Å². The van der Waals surface area contributed by atoms with Gasteiger partial charge in [0, 0.05) is 11.3 Å². The quantitative estimate of drug-likeness (QED) is 0.566. The van der Waals surface area contributed by atoms with Crippen LogP contribution in [0.4, 0.5) is 5.69 Å². The van der Waals surface area contributed by atoms with E-state index in [4.69, 9.17) is 21.7 Å². The van der Waals surface area contributed by atoms with Crippen molar-refractivity contribution in [1.82, 2.24) is 5.32 Å². The third-order valence-corrected chi connectivity index (χ3v) is 3.38. The molecular formula is C20H22N2O3S. The van der Waals surface area contributed by atoms with Crippen molar-refractivity contribution in [2.75, 3.05) is 11.9 Å². The zero-order valence-corrected chi connectivity index (χ0v) is 15.6. The van der Waals surface area contributed by atoms with E-state index in [1.165, 1.54) is 0 Å². The van der Waals surface area contributed by atoms with Gasteiger partial charge in [-0.25, -0.2) is 0 Å². The molecule has 0 radical (unpaired) electrons. The molecule has 0 heterocycles. The highest BCUT2D eigenvalue weighted by Gasteiger charge is 2.10. The Morgan fingerprint density at radius 3 is 2.58 bits per heavy atom. The average Bonchev–Trinajstić information content (AvgIpc) is 2.60. The van der Waals surface area contributed by atoms with Crippen LogP contribution in [0.5, 0.6) is 11.5 Å². The molecule has 0 aromatic heterocycles. The van der Waals surface area contributed by atoms with Crippen molar-refractivity contribution in [2.45, 2.75) is 20.0 Å². The molecule has 0 bridgehead atoms. The number of rotatable bonds is 7. The Bertz CT molecular complexity index is 773. The number of thiocarbonyl (C=S) groups is 1. The monoisotopic (exact) mass is 370 g/mol. The van der Waals surface area contributed by atoms with Crippen LogP contribution in [0.25, 0.3) is 0 Å². The summed E-state index contributed by atoms with van der Waals surface area (Å²) in [5.41, 5.74) is 1.22. The third kappa shape index (κ3) is 6.22. The molecule has 2 N–H and O–H groups in total. The zero-order valence-electron chi connectivity index (χ0n) is 14.8. The lowest BCUT2D eigenvalue weighted by atomic mass is 10.2. The molecule has 0 atom stereocenters. The second-order valence-electron chi connectivity index (χ2n) is 5.73. The fourth-order valence-corrected chi connectivity index (χ4v) is 2.32. The molecule has 136 valence electrons. The predicted molar refractivity (Wildman–Crippen MR) is 108 cm³/mol. The van der Waals surface area contributed by atoms with Gasteiger partial charge in [0.2, 0.25) is 0 Å². The summed E-state index contributed by atoms with van der Waals surface area (Å²) in [7, 11) is 0. The van der Waals surface area contributed by atoms with Gasteiger partial charge in [-0.15, -0.1) is 0 Å². The van der Waals surface area contributed by atoms with Crippen molar-refractivity contribution in [3.63, 3.8) is 0 Å². The minimum Gasteiger partial charge on any atom is -0.491 e. The van der Waals surface area contributed by atoms with Crippen LogP contribution < -0.4 is 20.1 Å². The number of ether oxygens (including phenoxy) is 2. The molecule has 0 fully saturated rings. The van der Waals surface area contributed by atoms with Gasteiger partial charge in [-0.2, -0.15) is 0 Å². The van der Waals surface area contributed by atoms with Gasteiger partial charge < -0.3 is 14.8 Å². The number of amides is 1. The number of nitrogens with one attached hydrogen (secondary N) is 2. The van der Waals surface area contributed by atoms with E-state index in [1.54, 1.807) is 24.3 Å². The average molecular weight is 370 g/mol. The highest BCUT2D eigenvalue weighted by Crippen LogP contribution is 2.16. The summed E-state index contributed by atoms with van der Waals surface area (Å²) < 4.78 is 11.0. The van der Waals surface area contributed by atoms with Gasteiger partial charge in [-0.1, -0.05) is 18.7 Å². The first-order chi connectivity index (χ1) is 12.5. The number of hydrogen-bond acceptors (Lipinski definition) is 4. The fourth-order valence-electron chi connectivity index (χ4n) is 2.11. The summed E-state index contributed by atoms with van der Waals surface area (Å²) in [5.74, 6) is 1.07. The van der Waals surface area contributed by atoms with Crippen LogP contribution in [-0.2, 0) is 0 Å². The molecule has 0 spiro atoms. The lowest BCUT2D eigenvalue weighted by Gasteiger charge is -2.12. The number of carbonyl (C=O) groups excluding carboxylic acids is 1. The van der Waals surface area contributed by atoms with Crippen molar-refractivity contribution in [1.29, 1.82) is 0 Å². The lowest BCUT2D eigenvalue weighted by molar-refractivity contribution is 0.0977. The second-order valence-corrected chi connectivity index (χ2v) is 6.13. The van der Waals surface area contributed by atoms with Crippen LogP contribution >= 0.6 is 12.2 Å². The molecule has 0 aliphatic carbocycles. The lowest BCUT2D eigenvalue weighted by Crippen LogP contribution is -2.34. The fraction of sp³-hybridized carbons (Fsp3) is 0.200. The van der Waals surface area contributed by atoms with Crippen molar-refractivity contribution < 1.29 is 14.3 Å². The number of hydrogen-bond donors (Lipinski definition) is 2. The molecule has 6 heteroatoms. The predicted octanol–water partition coefficient (Wildman–Crippen LogP) is 4.17. The first-order valence-electron chi connectivity index (χ1n) is 8.20. The molecule has 2 aromatic carbocycles. The summed E-state index contributed by atoms with van der Waals surface area (Å²) >= 11 is 5.20. The smallest absolute Gasteiger partial charge is 0.257 e. The van der Waals surface area contributed by atoms with Gasteiger partial charge in [0.15, 0.2) is 5.11 Å². The van der Waals surface area contributed by atoms with Gasteiger partial charge in [0.25, 0.3) is 5.91 Å². The Labute approximate surface area is 159 Å². The van der Waals surface area contributed by atoms with Crippen LogP contribution in [0.1, 0.15) is 24.2 Å². The van der Waals surface area contributed by atoms with Crippen molar-refractivity contribution in [3.05, 3.63) is 66.7 Å². The van der Waals surface area contributed by atoms with E-state index in [9.17, 15) is 4.79 Å². The standard InChI is InChI=1S/C20H22N2O3S/c1-4-12-24-17-10-8-16(9-11-17)21-20(26)22-19(23)15-6-5-7-18(13-15)25-14(2)3/h4-11,13-14H,1,12H2,2-3H3,(H2,21,22,23,26). The second kappa shape index (κ2) is 9.58. The first kappa shape index (κ1) is 19.5. The van der Waals surface area contributed by atoms with Crippen LogP contribution in [-0.4, -0.2) is 23.7 Å². The number of carbonyl (C=O) groups is 1. The van der Waals surface area contributed by atoms with Crippen molar-refractivity contribution >= 4 is 28.9 Å². The van der Waals surface area contributed by atoms with Crippen LogP contribution in [0.2, 0.25) is 0 Å². The summed E-state index contributed by atoms with van der Waals surface area (Å²) in [4.78, 5) is 12.3. The Balaban J connectivity index is 1.92. The molecule has 0 aliphatic rings. The Morgan fingerprint density at radius 2 is 1.92 bits per heavy atom. The summed E-state index contributed by atoms with van der Waals surface area (Å²) in [6.07, 6.45) is 1.72. The summed E-state index contributed by atoms with van der Waals surface area (Å²) in [6.45, 7) is 7.91.